The van der Waals surface area contributed by atoms with Crippen molar-refractivity contribution in [3.05, 3.63) is 0 Å². The molecule has 76 valence electrons. The number of carbonyl (C=O) groups excluding carboxylic acids is 1. The number of cyclic esters (lactones) is 1. The van der Waals surface area contributed by atoms with Gasteiger partial charge in [-0.05, 0) is 19.8 Å². The van der Waals surface area contributed by atoms with Gasteiger partial charge in [-0.3, -0.25) is 4.79 Å². The first kappa shape index (κ1) is 10.5. The SMILES string of the molecule is CCC1OC(=O)C(C)C(O)C1CC. The number of carbonyl (C=O) groups is 1. The zero-order valence-electron chi connectivity index (χ0n) is 8.49. The third-order valence-electron chi connectivity index (χ3n) is 2.94. The summed E-state index contributed by atoms with van der Waals surface area (Å²) in [7, 11) is 0. The molecule has 1 N–H and O–H groups in total. The van der Waals surface area contributed by atoms with Crippen molar-refractivity contribution in [1.82, 2.24) is 0 Å². The topological polar surface area (TPSA) is 46.5 Å². The first-order chi connectivity index (χ1) is 6.11. The van der Waals surface area contributed by atoms with Gasteiger partial charge in [0.15, 0.2) is 0 Å². The molecule has 4 atom stereocenters. The van der Waals surface area contributed by atoms with E-state index in [-0.39, 0.29) is 23.9 Å². The van der Waals surface area contributed by atoms with Crippen LogP contribution in [0.1, 0.15) is 33.6 Å². The first-order valence-electron chi connectivity index (χ1n) is 5.00. The maximum Gasteiger partial charge on any atom is 0.311 e. The highest BCUT2D eigenvalue weighted by molar-refractivity contribution is 5.73. The summed E-state index contributed by atoms with van der Waals surface area (Å²) in [5.41, 5.74) is 0. The van der Waals surface area contributed by atoms with E-state index >= 15 is 0 Å². The van der Waals surface area contributed by atoms with Crippen LogP contribution in [0.25, 0.3) is 0 Å². The molecule has 3 nitrogen and oxygen atoms in total. The third-order valence-corrected chi connectivity index (χ3v) is 2.94. The van der Waals surface area contributed by atoms with Gasteiger partial charge in [-0.2, -0.15) is 0 Å². The van der Waals surface area contributed by atoms with Crippen molar-refractivity contribution >= 4 is 5.97 Å². The Morgan fingerprint density at radius 3 is 2.46 bits per heavy atom. The molecule has 1 aliphatic rings. The molecule has 0 aromatic heterocycles. The Morgan fingerprint density at radius 1 is 1.38 bits per heavy atom. The van der Waals surface area contributed by atoms with Crippen LogP contribution in [0.15, 0.2) is 0 Å². The van der Waals surface area contributed by atoms with Crippen LogP contribution >= 0.6 is 0 Å². The van der Waals surface area contributed by atoms with E-state index in [0.717, 1.165) is 12.8 Å². The molecular weight excluding hydrogens is 168 g/mol. The van der Waals surface area contributed by atoms with E-state index in [1.807, 2.05) is 13.8 Å². The Bertz CT molecular complexity index is 189. The minimum atomic E-state index is -0.531. The predicted molar refractivity (Wildman–Crippen MR) is 49.1 cm³/mol. The average molecular weight is 186 g/mol. The summed E-state index contributed by atoms with van der Waals surface area (Å²) >= 11 is 0. The molecule has 0 saturated carbocycles. The molecule has 13 heavy (non-hydrogen) atoms. The highest BCUT2D eigenvalue weighted by atomic mass is 16.5. The molecule has 0 aliphatic carbocycles. The van der Waals surface area contributed by atoms with E-state index in [1.165, 1.54) is 0 Å². The van der Waals surface area contributed by atoms with Gasteiger partial charge in [0, 0.05) is 5.92 Å². The normalized spacial score (nSPS) is 40.2. The lowest BCUT2D eigenvalue weighted by Crippen LogP contribution is -2.47. The maximum absolute atomic E-state index is 11.3. The molecule has 1 rings (SSSR count). The van der Waals surface area contributed by atoms with Crippen LogP contribution in [0.3, 0.4) is 0 Å². The Hall–Kier alpha value is -0.570. The molecule has 4 unspecified atom stereocenters. The summed E-state index contributed by atoms with van der Waals surface area (Å²) in [4.78, 5) is 11.3. The van der Waals surface area contributed by atoms with E-state index in [4.69, 9.17) is 4.74 Å². The molecule has 1 saturated heterocycles. The van der Waals surface area contributed by atoms with E-state index in [2.05, 4.69) is 0 Å². The van der Waals surface area contributed by atoms with Gasteiger partial charge in [0.25, 0.3) is 0 Å². The number of hydrogen-bond acceptors (Lipinski definition) is 3. The van der Waals surface area contributed by atoms with Gasteiger partial charge in [0.1, 0.15) is 6.10 Å². The number of ether oxygens (including phenoxy) is 1. The first-order valence-corrected chi connectivity index (χ1v) is 5.00. The summed E-state index contributed by atoms with van der Waals surface area (Å²) in [6, 6.07) is 0. The molecule has 0 spiro atoms. The fourth-order valence-corrected chi connectivity index (χ4v) is 1.96. The number of esters is 1. The predicted octanol–water partition coefficient (Wildman–Crippen LogP) is 1.34. The van der Waals surface area contributed by atoms with Gasteiger partial charge in [0.2, 0.25) is 0 Å². The Balaban J connectivity index is 2.74. The van der Waals surface area contributed by atoms with Gasteiger partial charge in [0.05, 0.1) is 12.0 Å². The molecule has 1 aliphatic heterocycles. The molecule has 0 radical (unpaired) electrons. The monoisotopic (exact) mass is 186 g/mol. The number of rotatable bonds is 2. The van der Waals surface area contributed by atoms with Crippen molar-refractivity contribution in [2.24, 2.45) is 11.8 Å². The van der Waals surface area contributed by atoms with Crippen LogP contribution in [0.5, 0.6) is 0 Å². The highest BCUT2D eigenvalue weighted by Gasteiger charge is 2.40. The number of aliphatic hydroxyl groups is 1. The summed E-state index contributed by atoms with van der Waals surface area (Å²) < 4.78 is 5.22. The quantitative estimate of drug-likeness (QED) is 0.662. The minimum absolute atomic E-state index is 0.0938. The maximum atomic E-state index is 11.3. The second-order valence-corrected chi connectivity index (χ2v) is 3.73. The zero-order valence-corrected chi connectivity index (χ0v) is 8.49. The van der Waals surface area contributed by atoms with Crippen LogP contribution in [0, 0.1) is 11.8 Å². The fraction of sp³-hybridized carbons (Fsp3) is 0.900. The van der Waals surface area contributed by atoms with Crippen LogP contribution in [0.2, 0.25) is 0 Å². The van der Waals surface area contributed by atoms with Crippen LogP contribution in [-0.4, -0.2) is 23.3 Å². The van der Waals surface area contributed by atoms with Gasteiger partial charge in [-0.1, -0.05) is 13.8 Å². The van der Waals surface area contributed by atoms with Crippen molar-refractivity contribution in [1.29, 1.82) is 0 Å². The van der Waals surface area contributed by atoms with Gasteiger partial charge < -0.3 is 9.84 Å². The minimum Gasteiger partial charge on any atom is -0.462 e. The third kappa shape index (κ3) is 1.85. The molecule has 1 heterocycles. The zero-order chi connectivity index (χ0) is 10.0. The fourth-order valence-electron chi connectivity index (χ4n) is 1.96. The van der Waals surface area contributed by atoms with Crippen LogP contribution in [0.4, 0.5) is 0 Å². The average Bonchev–Trinajstić information content (AvgIpc) is 2.13. The van der Waals surface area contributed by atoms with E-state index in [0.29, 0.717) is 0 Å². The lowest BCUT2D eigenvalue weighted by molar-refractivity contribution is -0.179. The van der Waals surface area contributed by atoms with Gasteiger partial charge in [-0.25, -0.2) is 0 Å². The smallest absolute Gasteiger partial charge is 0.311 e. The van der Waals surface area contributed by atoms with E-state index in [9.17, 15) is 9.90 Å². The molecule has 0 amide bonds. The Kier molecular flexibility index (Phi) is 3.31. The van der Waals surface area contributed by atoms with Crippen LogP contribution < -0.4 is 0 Å². The summed E-state index contributed by atoms with van der Waals surface area (Å²) in [5.74, 6) is -0.519. The largest absolute Gasteiger partial charge is 0.462 e. The van der Waals surface area contributed by atoms with Gasteiger partial charge in [-0.15, -0.1) is 0 Å². The van der Waals surface area contributed by atoms with Crippen molar-refractivity contribution in [3.63, 3.8) is 0 Å². The second-order valence-electron chi connectivity index (χ2n) is 3.73. The highest BCUT2D eigenvalue weighted by Crippen LogP contribution is 2.30. The van der Waals surface area contributed by atoms with Crippen molar-refractivity contribution in [2.75, 3.05) is 0 Å². The molecule has 0 aromatic carbocycles. The van der Waals surface area contributed by atoms with Crippen molar-refractivity contribution in [3.8, 4) is 0 Å². The van der Waals surface area contributed by atoms with Crippen molar-refractivity contribution < 1.29 is 14.6 Å². The van der Waals surface area contributed by atoms with Crippen molar-refractivity contribution in [2.45, 2.75) is 45.8 Å². The Morgan fingerprint density at radius 2 is 2.00 bits per heavy atom. The molecule has 1 fully saturated rings. The number of hydrogen-bond donors (Lipinski definition) is 1. The summed E-state index contributed by atoms with van der Waals surface area (Å²) in [6.07, 6.45) is 1.02. The van der Waals surface area contributed by atoms with Gasteiger partial charge >= 0.3 is 5.97 Å². The number of aliphatic hydroxyl groups excluding tert-OH is 1. The molecular formula is C10H18O3. The molecule has 0 bridgehead atoms. The van der Waals surface area contributed by atoms with Crippen LogP contribution in [-0.2, 0) is 9.53 Å². The van der Waals surface area contributed by atoms with E-state index < -0.39 is 6.10 Å². The lowest BCUT2D eigenvalue weighted by Gasteiger charge is -2.37. The summed E-state index contributed by atoms with van der Waals surface area (Å²) in [5, 5.41) is 9.81. The standard InChI is InChI=1S/C10H18O3/c1-4-7-8(5-2)13-10(12)6(3)9(7)11/h6-9,11H,4-5H2,1-3H3. The van der Waals surface area contributed by atoms with E-state index in [1.54, 1.807) is 6.92 Å². The Labute approximate surface area is 79.1 Å². The lowest BCUT2D eigenvalue weighted by atomic mass is 9.82. The molecule has 0 aromatic rings. The second kappa shape index (κ2) is 4.09. The molecule has 3 heteroatoms. The summed E-state index contributed by atoms with van der Waals surface area (Å²) in [6.45, 7) is 5.72.